The zero-order valence-electron chi connectivity index (χ0n) is 11.0. The lowest BCUT2D eigenvalue weighted by molar-refractivity contribution is 0.0696. The van der Waals surface area contributed by atoms with Gasteiger partial charge in [0.2, 0.25) is 5.95 Å². The fraction of sp³-hybridized carbons (Fsp3) is 0.133. The minimum Gasteiger partial charge on any atom is -0.478 e. The number of pyridine rings is 1. The van der Waals surface area contributed by atoms with Crippen molar-refractivity contribution in [2.75, 3.05) is 6.54 Å². The summed E-state index contributed by atoms with van der Waals surface area (Å²) >= 11 is 0. The number of carboxylic acid groups (broad SMARTS) is 1. The van der Waals surface area contributed by atoms with E-state index in [1.807, 2.05) is 0 Å². The van der Waals surface area contributed by atoms with E-state index in [1.165, 1.54) is 24.4 Å². The zero-order valence-corrected chi connectivity index (χ0v) is 11.0. The Labute approximate surface area is 120 Å². The van der Waals surface area contributed by atoms with Gasteiger partial charge >= 0.3 is 5.97 Å². The molecule has 1 aromatic carbocycles. The van der Waals surface area contributed by atoms with Crippen LogP contribution in [0, 0.1) is 5.95 Å². The molecule has 6 heteroatoms. The van der Waals surface area contributed by atoms with Gasteiger partial charge in [-0.25, -0.2) is 9.78 Å². The molecule has 0 unspecified atom stereocenters. The minimum atomic E-state index is -0.977. The maximum Gasteiger partial charge on any atom is 0.335 e. The van der Waals surface area contributed by atoms with Gasteiger partial charge in [0, 0.05) is 24.4 Å². The molecule has 0 saturated carbocycles. The second-order valence-electron chi connectivity index (χ2n) is 4.38. The summed E-state index contributed by atoms with van der Waals surface area (Å²) in [6, 6.07) is 8.91. The highest BCUT2D eigenvalue weighted by atomic mass is 19.1. The number of nitrogens with one attached hydrogen (secondary N) is 1. The molecule has 0 bridgehead atoms. The third-order valence-electron chi connectivity index (χ3n) is 2.89. The van der Waals surface area contributed by atoms with Crippen LogP contribution in [0.4, 0.5) is 4.39 Å². The Balaban J connectivity index is 1.86. The molecular formula is C15H13FN2O3. The van der Waals surface area contributed by atoms with E-state index in [0.717, 1.165) is 11.6 Å². The number of benzene rings is 1. The van der Waals surface area contributed by atoms with Crippen LogP contribution in [0.5, 0.6) is 0 Å². The van der Waals surface area contributed by atoms with Crippen molar-refractivity contribution in [3.63, 3.8) is 0 Å². The molecule has 0 aliphatic heterocycles. The number of rotatable bonds is 5. The highest BCUT2D eigenvalue weighted by Gasteiger charge is 2.06. The van der Waals surface area contributed by atoms with Crippen molar-refractivity contribution < 1.29 is 19.1 Å². The Morgan fingerprint density at radius 1 is 1.14 bits per heavy atom. The monoisotopic (exact) mass is 288 g/mol. The van der Waals surface area contributed by atoms with E-state index >= 15 is 0 Å². The van der Waals surface area contributed by atoms with Crippen LogP contribution in [0.15, 0.2) is 42.6 Å². The number of amides is 1. The number of carbonyl (C=O) groups is 2. The highest BCUT2D eigenvalue weighted by molar-refractivity contribution is 5.94. The number of carboxylic acids is 1. The summed E-state index contributed by atoms with van der Waals surface area (Å²) in [7, 11) is 0. The molecule has 0 fully saturated rings. The molecule has 21 heavy (non-hydrogen) atoms. The standard InChI is InChI=1S/C15H13FN2O3/c16-13-9-12(6-8-17-13)14(19)18-7-5-10-1-3-11(4-2-10)15(20)21/h1-4,6,8-9H,5,7H2,(H,18,19)(H,20,21). The summed E-state index contributed by atoms with van der Waals surface area (Å²) < 4.78 is 12.9. The van der Waals surface area contributed by atoms with Gasteiger partial charge in [-0.1, -0.05) is 12.1 Å². The van der Waals surface area contributed by atoms with Gasteiger partial charge in [0.1, 0.15) is 0 Å². The van der Waals surface area contributed by atoms with Crippen molar-refractivity contribution in [2.24, 2.45) is 0 Å². The maximum absolute atomic E-state index is 12.9. The smallest absolute Gasteiger partial charge is 0.335 e. The van der Waals surface area contributed by atoms with Crippen LogP contribution in [0.3, 0.4) is 0 Å². The number of aromatic carboxylic acids is 1. The van der Waals surface area contributed by atoms with Crippen LogP contribution >= 0.6 is 0 Å². The van der Waals surface area contributed by atoms with Crippen LogP contribution in [-0.4, -0.2) is 28.5 Å². The third-order valence-corrected chi connectivity index (χ3v) is 2.89. The van der Waals surface area contributed by atoms with Gasteiger partial charge in [0.15, 0.2) is 0 Å². The van der Waals surface area contributed by atoms with Crippen LogP contribution in [0.25, 0.3) is 0 Å². The van der Waals surface area contributed by atoms with Crippen molar-refractivity contribution in [2.45, 2.75) is 6.42 Å². The van der Waals surface area contributed by atoms with E-state index in [4.69, 9.17) is 5.11 Å². The average Bonchev–Trinajstić information content (AvgIpc) is 2.47. The van der Waals surface area contributed by atoms with Crippen LogP contribution < -0.4 is 5.32 Å². The van der Waals surface area contributed by atoms with E-state index in [1.54, 1.807) is 12.1 Å². The Morgan fingerprint density at radius 3 is 2.48 bits per heavy atom. The third kappa shape index (κ3) is 4.10. The summed E-state index contributed by atoms with van der Waals surface area (Å²) in [5, 5.41) is 11.4. The van der Waals surface area contributed by atoms with E-state index in [0.29, 0.717) is 13.0 Å². The van der Waals surface area contributed by atoms with Crippen LogP contribution in [0.2, 0.25) is 0 Å². The normalized spacial score (nSPS) is 10.1. The lowest BCUT2D eigenvalue weighted by Gasteiger charge is -2.05. The van der Waals surface area contributed by atoms with Gasteiger partial charge in [0.25, 0.3) is 5.91 Å². The maximum atomic E-state index is 12.9. The molecule has 0 spiro atoms. The highest BCUT2D eigenvalue weighted by Crippen LogP contribution is 2.05. The Bertz CT molecular complexity index is 656. The molecule has 0 saturated heterocycles. The number of halogens is 1. The fourth-order valence-corrected chi connectivity index (χ4v) is 1.78. The first-order valence-electron chi connectivity index (χ1n) is 6.28. The van der Waals surface area contributed by atoms with Crippen molar-refractivity contribution in [1.82, 2.24) is 10.3 Å². The van der Waals surface area contributed by atoms with Crippen molar-refractivity contribution in [3.8, 4) is 0 Å². The molecule has 1 amide bonds. The second-order valence-corrected chi connectivity index (χ2v) is 4.38. The average molecular weight is 288 g/mol. The van der Waals surface area contributed by atoms with Gasteiger partial charge in [-0.3, -0.25) is 4.79 Å². The number of nitrogens with zero attached hydrogens (tertiary/aromatic N) is 1. The number of hydrogen-bond donors (Lipinski definition) is 2. The molecule has 2 aromatic rings. The molecule has 0 aliphatic rings. The first kappa shape index (κ1) is 14.6. The van der Waals surface area contributed by atoms with E-state index in [9.17, 15) is 14.0 Å². The summed E-state index contributed by atoms with van der Waals surface area (Å²) in [6.07, 6.45) is 1.79. The van der Waals surface area contributed by atoms with Gasteiger partial charge < -0.3 is 10.4 Å². The molecule has 2 rings (SSSR count). The Kier molecular flexibility index (Phi) is 4.61. The topological polar surface area (TPSA) is 79.3 Å². The van der Waals surface area contributed by atoms with E-state index in [2.05, 4.69) is 10.3 Å². The van der Waals surface area contributed by atoms with E-state index in [-0.39, 0.29) is 17.0 Å². The number of aromatic nitrogens is 1. The van der Waals surface area contributed by atoms with Crippen LogP contribution in [-0.2, 0) is 6.42 Å². The van der Waals surface area contributed by atoms with Gasteiger partial charge in [-0.2, -0.15) is 4.39 Å². The van der Waals surface area contributed by atoms with Gasteiger partial charge in [0.05, 0.1) is 5.56 Å². The summed E-state index contributed by atoms with van der Waals surface area (Å²) in [4.78, 5) is 25.8. The molecule has 2 N–H and O–H groups in total. The summed E-state index contributed by atoms with van der Waals surface area (Å²) in [5.41, 5.74) is 1.33. The zero-order chi connectivity index (χ0) is 15.2. The lowest BCUT2D eigenvalue weighted by Crippen LogP contribution is -2.25. The molecular weight excluding hydrogens is 275 g/mol. The first-order valence-corrected chi connectivity index (χ1v) is 6.28. The molecule has 0 aliphatic carbocycles. The largest absolute Gasteiger partial charge is 0.478 e. The number of carbonyl (C=O) groups excluding carboxylic acids is 1. The summed E-state index contributed by atoms with van der Waals surface area (Å²) in [6.45, 7) is 0.370. The Morgan fingerprint density at radius 2 is 1.86 bits per heavy atom. The SMILES string of the molecule is O=C(O)c1ccc(CCNC(=O)c2ccnc(F)c2)cc1. The van der Waals surface area contributed by atoms with Crippen molar-refractivity contribution >= 4 is 11.9 Å². The van der Waals surface area contributed by atoms with E-state index < -0.39 is 11.9 Å². The Hall–Kier alpha value is -2.76. The predicted octanol–water partition coefficient (Wildman–Crippen LogP) is 1.89. The van der Waals surface area contributed by atoms with Crippen LogP contribution in [0.1, 0.15) is 26.3 Å². The molecule has 1 aromatic heterocycles. The quantitative estimate of drug-likeness (QED) is 0.823. The van der Waals surface area contributed by atoms with Crippen molar-refractivity contribution in [1.29, 1.82) is 0 Å². The van der Waals surface area contributed by atoms with Crippen molar-refractivity contribution in [3.05, 3.63) is 65.2 Å². The molecule has 108 valence electrons. The predicted molar refractivity (Wildman–Crippen MR) is 73.6 cm³/mol. The number of hydrogen-bond acceptors (Lipinski definition) is 3. The molecule has 1 heterocycles. The minimum absolute atomic E-state index is 0.212. The molecule has 5 nitrogen and oxygen atoms in total. The molecule has 0 radical (unpaired) electrons. The lowest BCUT2D eigenvalue weighted by atomic mass is 10.1. The fourth-order valence-electron chi connectivity index (χ4n) is 1.78. The summed E-state index contributed by atoms with van der Waals surface area (Å²) in [5.74, 6) is -2.06. The molecule has 0 atom stereocenters. The van der Waals surface area contributed by atoms with Gasteiger partial charge in [-0.05, 0) is 30.2 Å². The van der Waals surface area contributed by atoms with Gasteiger partial charge in [-0.15, -0.1) is 0 Å². The first-order chi connectivity index (χ1) is 10.1. The second kappa shape index (κ2) is 6.60.